The number of methoxy groups -OCH3 is 2. The Balaban J connectivity index is 1.75. The zero-order valence-electron chi connectivity index (χ0n) is 18.1. The van der Waals surface area contributed by atoms with Crippen LogP contribution in [-0.4, -0.2) is 32.1 Å². The Labute approximate surface area is 191 Å². The lowest BCUT2D eigenvalue weighted by molar-refractivity contribution is -0.138. The first-order valence-corrected chi connectivity index (χ1v) is 9.97. The molecule has 0 unspecified atom stereocenters. The number of nitrogens with one attached hydrogen (secondary N) is 3. The van der Waals surface area contributed by atoms with Crippen LogP contribution in [0.4, 0.5) is 22.7 Å². The molecule has 0 heterocycles. The third kappa shape index (κ3) is 6.44. The summed E-state index contributed by atoms with van der Waals surface area (Å²) in [6.45, 7) is 0. The molecule has 8 heteroatoms. The maximum Gasteiger partial charge on any atom is 0.354 e. The molecule has 0 aliphatic carbocycles. The number of amides is 1. The average Bonchev–Trinajstić information content (AvgIpc) is 2.85. The Morgan fingerprint density at radius 2 is 1.30 bits per heavy atom. The summed E-state index contributed by atoms with van der Waals surface area (Å²) in [6, 6.07) is 23.6. The number of hydrogen-bond acceptors (Lipinski definition) is 7. The Morgan fingerprint density at radius 1 is 0.697 bits per heavy atom. The molecule has 0 saturated heterocycles. The molecule has 0 radical (unpaired) electrons. The lowest BCUT2D eigenvalue weighted by Gasteiger charge is -2.14. The highest BCUT2D eigenvalue weighted by molar-refractivity contribution is 6.09. The van der Waals surface area contributed by atoms with Crippen molar-refractivity contribution in [3.8, 4) is 0 Å². The molecule has 0 aliphatic rings. The van der Waals surface area contributed by atoms with E-state index < -0.39 is 17.8 Å². The number of carbonyl (C=O) groups excluding carboxylic acids is 3. The molecule has 3 aromatic rings. The largest absolute Gasteiger partial charge is 0.466 e. The van der Waals surface area contributed by atoms with E-state index in [-0.39, 0.29) is 11.3 Å². The minimum Gasteiger partial charge on any atom is -0.466 e. The van der Waals surface area contributed by atoms with Crippen LogP contribution in [0, 0.1) is 0 Å². The van der Waals surface area contributed by atoms with Crippen molar-refractivity contribution >= 4 is 40.6 Å². The number of benzene rings is 3. The van der Waals surface area contributed by atoms with Crippen molar-refractivity contribution in [1.29, 1.82) is 0 Å². The average molecular weight is 445 g/mol. The Morgan fingerprint density at radius 3 is 1.97 bits per heavy atom. The predicted molar refractivity (Wildman–Crippen MR) is 126 cm³/mol. The highest BCUT2D eigenvalue weighted by Crippen LogP contribution is 2.22. The van der Waals surface area contributed by atoms with Crippen LogP contribution in [-0.2, 0) is 19.1 Å². The second-order valence-electron chi connectivity index (χ2n) is 6.77. The summed E-state index contributed by atoms with van der Waals surface area (Å²) >= 11 is 0. The van der Waals surface area contributed by atoms with Crippen molar-refractivity contribution in [2.75, 3.05) is 30.2 Å². The molecule has 0 atom stereocenters. The van der Waals surface area contributed by atoms with Crippen molar-refractivity contribution in [2.45, 2.75) is 0 Å². The highest BCUT2D eigenvalue weighted by atomic mass is 16.5. The molecule has 3 aromatic carbocycles. The van der Waals surface area contributed by atoms with Gasteiger partial charge in [0.15, 0.2) is 0 Å². The Bertz CT molecular complexity index is 1160. The van der Waals surface area contributed by atoms with Crippen LogP contribution in [0.2, 0.25) is 0 Å². The first-order chi connectivity index (χ1) is 16.0. The number of para-hydroxylation sites is 2. The maximum atomic E-state index is 12.9. The summed E-state index contributed by atoms with van der Waals surface area (Å²) in [7, 11) is 2.37. The first kappa shape index (κ1) is 23.1. The minimum atomic E-state index is -0.780. The number of carbonyl (C=O) groups is 3. The number of anilines is 4. The van der Waals surface area contributed by atoms with Gasteiger partial charge in [0, 0.05) is 17.1 Å². The van der Waals surface area contributed by atoms with Gasteiger partial charge < -0.3 is 25.4 Å². The zero-order chi connectivity index (χ0) is 23.6. The molecule has 1 amide bonds. The normalized spacial score (nSPS) is 10.7. The summed E-state index contributed by atoms with van der Waals surface area (Å²) < 4.78 is 9.27. The van der Waals surface area contributed by atoms with Crippen LogP contribution in [0.3, 0.4) is 0 Å². The minimum absolute atomic E-state index is 0.166. The summed E-state index contributed by atoms with van der Waals surface area (Å²) in [6.07, 6.45) is 0.957. The van der Waals surface area contributed by atoms with Gasteiger partial charge in [0.2, 0.25) is 0 Å². The lowest BCUT2D eigenvalue weighted by Crippen LogP contribution is -2.19. The molecule has 0 aliphatic heterocycles. The van der Waals surface area contributed by atoms with Gasteiger partial charge in [-0.05, 0) is 48.5 Å². The molecule has 0 aromatic heterocycles. The Kier molecular flexibility index (Phi) is 7.80. The van der Waals surface area contributed by atoms with Gasteiger partial charge >= 0.3 is 11.9 Å². The van der Waals surface area contributed by atoms with E-state index >= 15 is 0 Å². The van der Waals surface area contributed by atoms with Crippen LogP contribution in [0.1, 0.15) is 10.4 Å². The van der Waals surface area contributed by atoms with Gasteiger partial charge in [-0.15, -0.1) is 0 Å². The number of hydrogen-bond donors (Lipinski definition) is 3. The number of ether oxygens (including phenoxy) is 2. The van der Waals surface area contributed by atoms with Gasteiger partial charge in [0.1, 0.15) is 5.70 Å². The van der Waals surface area contributed by atoms with Gasteiger partial charge in [-0.2, -0.15) is 0 Å². The summed E-state index contributed by atoms with van der Waals surface area (Å²) in [5.74, 6) is -1.92. The number of rotatable bonds is 8. The van der Waals surface area contributed by atoms with E-state index in [1.54, 1.807) is 36.4 Å². The summed E-state index contributed by atoms with van der Waals surface area (Å²) in [5.41, 5.74) is 2.84. The van der Waals surface area contributed by atoms with Crippen LogP contribution >= 0.6 is 0 Å². The van der Waals surface area contributed by atoms with Crippen LogP contribution in [0.15, 0.2) is 90.6 Å². The van der Waals surface area contributed by atoms with Crippen molar-refractivity contribution < 1.29 is 23.9 Å². The molecule has 0 fully saturated rings. The fourth-order valence-corrected chi connectivity index (χ4v) is 2.89. The molecule has 0 bridgehead atoms. The topological polar surface area (TPSA) is 106 Å². The second kappa shape index (κ2) is 11.1. The Hall–Kier alpha value is -4.59. The summed E-state index contributed by atoms with van der Waals surface area (Å²) in [4.78, 5) is 36.6. The standard InChI is InChI=1S/C25H23N3O5/c1-32-23(29)16-22(25(31)33-2)28-21-11-7-6-10-20(21)24(30)27-19-14-12-18(13-15-19)26-17-8-4-3-5-9-17/h3-16,26,28H,1-2H3,(H,27,30)/b22-16+. The summed E-state index contributed by atoms with van der Waals surface area (Å²) in [5, 5.41) is 8.88. The van der Waals surface area contributed by atoms with E-state index in [0.717, 1.165) is 17.5 Å². The number of esters is 2. The second-order valence-corrected chi connectivity index (χ2v) is 6.77. The quantitative estimate of drug-likeness (QED) is 0.350. The fourth-order valence-electron chi connectivity index (χ4n) is 2.89. The molecule has 3 N–H and O–H groups in total. The van der Waals surface area contributed by atoms with Crippen molar-refractivity contribution in [1.82, 2.24) is 0 Å². The predicted octanol–water partition coefficient (Wildman–Crippen LogP) is 4.32. The molecule has 0 saturated carbocycles. The molecule has 3 rings (SSSR count). The molecule has 0 spiro atoms. The third-order valence-corrected chi connectivity index (χ3v) is 4.51. The van der Waals surface area contributed by atoms with E-state index in [0.29, 0.717) is 11.4 Å². The monoisotopic (exact) mass is 445 g/mol. The zero-order valence-corrected chi connectivity index (χ0v) is 18.1. The van der Waals surface area contributed by atoms with Crippen LogP contribution in [0.5, 0.6) is 0 Å². The van der Waals surface area contributed by atoms with Gasteiger partial charge in [0.05, 0.1) is 31.5 Å². The van der Waals surface area contributed by atoms with E-state index in [1.165, 1.54) is 14.2 Å². The van der Waals surface area contributed by atoms with Crippen molar-refractivity contribution in [3.05, 3.63) is 96.2 Å². The third-order valence-electron chi connectivity index (χ3n) is 4.51. The fraction of sp³-hybridized carbons (Fsp3) is 0.0800. The van der Waals surface area contributed by atoms with Gasteiger partial charge in [-0.1, -0.05) is 30.3 Å². The molecular formula is C25H23N3O5. The van der Waals surface area contributed by atoms with E-state index in [9.17, 15) is 14.4 Å². The van der Waals surface area contributed by atoms with Gasteiger partial charge in [0.25, 0.3) is 5.91 Å². The first-order valence-electron chi connectivity index (χ1n) is 9.97. The van der Waals surface area contributed by atoms with Crippen molar-refractivity contribution in [2.24, 2.45) is 0 Å². The van der Waals surface area contributed by atoms with Crippen LogP contribution in [0.25, 0.3) is 0 Å². The van der Waals surface area contributed by atoms with Crippen LogP contribution < -0.4 is 16.0 Å². The van der Waals surface area contributed by atoms with E-state index in [1.807, 2.05) is 42.5 Å². The molecular weight excluding hydrogens is 422 g/mol. The highest BCUT2D eigenvalue weighted by Gasteiger charge is 2.17. The molecule has 168 valence electrons. The van der Waals surface area contributed by atoms with Gasteiger partial charge in [-0.25, -0.2) is 9.59 Å². The molecule has 33 heavy (non-hydrogen) atoms. The van der Waals surface area contributed by atoms with Crippen molar-refractivity contribution in [3.63, 3.8) is 0 Å². The maximum absolute atomic E-state index is 12.9. The SMILES string of the molecule is COC(=O)/C=C(/Nc1ccccc1C(=O)Nc1ccc(Nc2ccccc2)cc1)C(=O)OC. The molecule has 8 nitrogen and oxygen atoms in total. The smallest absolute Gasteiger partial charge is 0.354 e. The van der Waals surface area contributed by atoms with Gasteiger partial charge in [-0.3, -0.25) is 4.79 Å². The van der Waals surface area contributed by atoms with E-state index in [2.05, 4.69) is 20.7 Å². The van der Waals surface area contributed by atoms with E-state index in [4.69, 9.17) is 4.74 Å². The lowest BCUT2D eigenvalue weighted by atomic mass is 10.1.